The fraction of sp³-hybridized carbons (Fsp3) is 0.478. The minimum absolute atomic E-state index is 0.0447. The van der Waals surface area contributed by atoms with E-state index in [0.29, 0.717) is 18.8 Å². The summed E-state index contributed by atoms with van der Waals surface area (Å²) in [6.45, 7) is 3.69. The van der Waals surface area contributed by atoms with Crippen molar-refractivity contribution in [2.75, 3.05) is 20.2 Å². The summed E-state index contributed by atoms with van der Waals surface area (Å²) in [6.07, 6.45) is 3.41. The molecule has 4 heterocycles. The zero-order valence-electron chi connectivity index (χ0n) is 19.0. The Bertz CT molecular complexity index is 1100. The van der Waals surface area contributed by atoms with Crippen molar-refractivity contribution in [3.05, 3.63) is 59.2 Å². The average molecular weight is 452 g/mol. The summed E-state index contributed by atoms with van der Waals surface area (Å²) in [5, 5.41) is 16.0. The number of aromatic nitrogens is 5. The lowest BCUT2D eigenvalue weighted by Gasteiger charge is -2.32. The molecule has 2 aromatic heterocycles. The van der Waals surface area contributed by atoms with Gasteiger partial charge in [0.05, 0.1) is 26.0 Å². The van der Waals surface area contributed by atoms with Gasteiger partial charge in [0.25, 0.3) is 5.91 Å². The first kappa shape index (κ1) is 21.6. The Labute approximate surface area is 192 Å². The molecule has 2 aliphatic heterocycles. The van der Waals surface area contributed by atoms with E-state index in [1.165, 1.54) is 0 Å². The topological polar surface area (TPSA) is 99.3 Å². The van der Waals surface area contributed by atoms with Gasteiger partial charge in [-0.3, -0.25) is 14.4 Å². The second kappa shape index (κ2) is 9.32. The van der Waals surface area contributed by atoms with E-state index in [1.54, 1.807) is 31.1 Å². The number of hydrogen-bond acceptors (Lipinski definition) is 7. The van der Waals surface area contributed by atoms with Gasteiger partial charge in [-0.25, -0.2) is 4.68 Å². The molecule has 0 aliphatic carbocycles. The number of benzene rings is 1. The number of hydrogen-bond donors (Lipinski definition) is 1. The first-order valence-corrected chi connectivity index (χ1v) is 11.3. The fourth-order valence-electron chi connectivity index (χ4n) is 4.51. The Hall–Kier alpha value is -3.24. The summed E-state index contributed by atoms with van der Waals surface area (Å²) in [5.41, 5.74) is 3.71. The lowest BCUT2D eigenvalue weighted by molar-refractivity contribution is -0.00218. The third-order valence-corrected chi connectivity index (χ3v) is 6.52. The van der Waals surface area contributed by atoms with Gasteiger partial charge in [-0.2, -0.15) is 5.10 Å². The van der Waals surface area contributed by atoms with E-state index in [1.807, 2.05) is 28.9 Å². The van der Waals surface area contributed by atoms with Gasteiger partial charge in [0, 0.05) is 38.9 Å². The molecule has 0 bridgehead atoms. The number of amides is 1. The van der Waals surface area contributed by atoms with Crippen molar-refractivity contribution >= 4 is 5.91 Å². The van der Waals surface area contributed by atoms with Crippen molar-refractivity contribution in [2.45, 2.75) is 44.7 Å². The van der Waals surface area contributed by atoms with Crippen LogP contribution in [-0.4, -0.2) is 61.8 Å². The molecule has 0 saturated carbocycles. The van der Waals surface area contributed by atoms with Crippen LogP contribution < -0.4 is 10.1 Å². The number of aryl methyl sites for hydroxylation is 1. The van der Waals surface area contributed by atoms with Crippen LogP contribution in [0.3, 0.4) is 0 Å². The number of nitrogens with one attached hydrogen (secondary N) is 1. The largest absolute Gasteiger partial charge is 0.497 e. The summed E-state index contributed by atoms with van der Waals surface area (Å²) in [5.74, 6) is 0.767. The minimum Gasteiger partial charge on any atom is -0.497 e. The molecule has 0 radical (unpaired) electrons. The van der Waals surface area contributed by atoms with Crippen LogP contribution in [0.15, 0.2) is 36.5 Å². The number of carbonyl (C=O) groups excluding carboxylic acids is 1. The third-order valence-electron chi connectivity index (χ3n) is 6.52. The van der Waals surface area contributed by atoms with Crippen molar-refractivity contribution in [1.82, 2.24) is 35.0 Å². The van der Waals surface area contributed by atoms with Gasteiger partial charge in [0.1, 0.15) is 23.2 Å². The molecule has 1 atom stereocenters. The summed E-state index contributed by atoms with van der Waals surface area (Å²) >= 11 is 0. The molecular weight excluding hydrogens is 422 g/mol. The number of methoxy groups -OCH3 is 1. The highest BCUT2D eigenvalue weighted by molar-refractivity contribution is 5.92. The van der Waals surface area contributed by atoms with E-state index in [2.05, 4.69) is 25.6 Å². The highest BCUT2D eigenvalue weighted by Gasteiger charge is 2.27. The van der Waals surface area contributed by atoms with E-state index in [0.717, 1.165) is 55.2 Å². The van der Waals surface area contributed by atoms with Crippen LogP contribution in [0.25, 0.3) is 0 Å². The second-order valence-electron chi connectivity index (χ2n) is 8.60. The minimum atomic E-state index is -0.0654. The Morgan fingerprint density at radius 3 is 2.70 bits per heavy atom. The molecule has 10 heteroatoms. The molecule has 2 aliphatic rings. The molecular formula is C23H29N7O3. The molecule has 33 heavy (non-hydrogen) atoms. The monoisotopic (exact) mass is 451 g/mol. The maximum absolute atomic E-state index is 12.4. The van der Waals surface area contributed by atoms with Crippen LogP contribution in [0.5, 0.6) is 5.75 Å². The molecule has 1 fully saturated rings. The first-order chi connectivity index (χ1) is 16.1. The normalized spacial score (nSPS) is 19.3. The van der Waals surface area contributed by atoms with Crippen molar-refractivity contribution in [3.8, 4) is 5.75 Å². The summed E-state index contributed by atoms with van der Waals surface area (Å²) in [7, 11) is 3.44. The second-order valence-corrected chi connectivity index (χ2v) is 8.60. The van der Waals surface area contributed by atoms with Crippen LogP contribution in [0.1, 0.15) is 46.4 Å². The Balaban J connectivity index is 1.14. The van der Waals surface area contributed by atoms with Gasteiger partial charge in [-0.15, -0.1) is 5.10 Å². The van der Waals surface area contributed by atoms with Crippen LogP contribution in [-0.2, 0) is 31.5 Å². The van der Waals surface area contributed by atoms with Crippen molar-refractivity contribution < 1.29 is 14.3 Å². The maximum Gasteiger partial charge on any atom is 0.269 e. The van der Waals surface area contributed by atoms with E-state index in [9.17, 15) is 4.79 Å². The molecule has 1 N–H and O–H groups in total. The van der Waals surface area contributed by atoms with Crippen molar-refractivity contribution in [2.24, 2.45) is 7.05 Å². The molecule has 5 rings (SSSR count). The highest BCUT2D eigenvalue weighted by Crippen LogP contribution is 2.28. The van der Waals surface area contributed by atoms with E-state index >= 15 is 0 Å². The fourth-order valence-corrected chi connectivity index (χ4v) is 4.51. The number of nitrogens with zero attached hydrogens (tertiary/aromatic N) is 6. The predicted octanol–water partition coefficient (Wildman–Crippen LogP) is 1.69. The number of piperidine rings is 1. The van der Waals surface area contributed by atoms with Crippen LogP contribution in [0.2, 0.25) is 0 Å². The number of ether oxygens (including phenoxy) is 2. The van der Waals surface area contributed by atoms with E-state index in [4.69, 9.17) is 9.47 Å². The van der Waals surface area contributed by atoms with Crippen LogP contribution in [0.4, 0.5) is 0 Å². The third kappa shape index (κ3) is 4.62. The van der Waals surface area contributed by atoms with E-state index in [-0.39, 0.29) is 18.1 Å². The van der Waals surface area contributed by atoms with Gasteiger partial charge in [0.15, 0.2) is 0 Å². The molecule has 1 aromatic carbocycles. The molecule has 3 aromatic rings. The van der Waals surface area contributed by atoms with Gasteiger partial charge in [-0.05, 0) is 36.6 Å². The molecule has 1 amide bonds. The summed E-state index contributed by atoms with van der Waals surface area (Å²) < 4.78 is 14.9. The van der Waals surface area contributed by atoms with Gasteiger partial charge in [0.2, 0.25) is 0 Å². The number of likely N-dealkylation sites (tertiary alicyclic amines) is 1. The van der Waals surface area contributed by atoms with Crippen LogP contribution >= 0.6 is 0 Å². The predicted molar refractivity (Wildman–Crippen MR) is 120 cm³/mol. The first-order valence-electron chi connectivity index (χ1n) is 11.3. The lowest BCUT2D eigenvalue weighted by Crippen LogP contribution is -2.44. The number of fused-ring (bicyclic) bond motifs is 1. The summed E-state index contributed by atoms with van der Waals surface area (Å²) in [4.78, 5) is 14.8. The Morgan fingerprint density at radius 1 is 1.21 bits per heavy atom. The lowest BCUT2D eigenvalue weighted by atomic mass is 10.0. The molecule has 1 unspecified atom stereocenters. The standard InChI is InChI=1S/C23H29N7O3/c1-28-20(7-10-24-28)23(31)25-17-8-11-29(12-9-17)13-19-21-15-33-22(14-30(21)27-26-19)16-3-5-18(32-2)6-4-16/h3-7,10,17,22H,8-9,11-15H2,1-2H3,(H,25,31). The van der Waals surface area contributed by atoms with Gasteiger partial charge < -0.3 is 14.8 Å². The average Bonchev–Trinajstić information content (AvgIpc) is 3.46. The Kier molecular flexibility index (Phi) is 6.10. The molecule has 1 saturated heterocycles. The zero-order valence-corrected chi connectivity index (χ0v) is 19.0. The van der Waals surface area contributed by atoms with Gasteiger partial charge >= 0.3 is 0 Å². The van der Waals surface area contributed by atoms with Crippen molar-refractivity contribution in [1.29, 1.82) is 0 Å². The Morgan fingerprint density at radius 2 is 2.00 bits per heavy atom. The smallest absolute Gasteiger partial charge is 0.269 e. The van der Waals surface area contributed by atoms with E-state index < -0.39 is 0 Å². The zero-order chi connectivity index (χ0) is 22.8. The summed E-state index contributed by atoms with van der Waals surface area (Å²) in [6, 6.07) is 9.87. The molecule has 174 valence electrons. The highest BCUT2D eigenvalue weighted by atomic mass is 16.5. The maximum atomic E-state index is 12.4. The SMILES string of the molecule is COc1ccc(C2Cn3nnc(CN4CCC(NC(=O)c5ccnn5C)CC4)c3CO2)cc1. The number of carbonyl (C=O) groups is 1. The molecule has 10 nitrogen and oxygen atoms in total. The molecule has 0 spiro atoms. The number of rotatable bonds is 6. The van der Waals surface area contributed by atoms with Crippen molar-refractivity contribution in [3.63, 3.8) is 0 Å². The van der Waals surface area contributed by atoms with Crippen LogP contribution in [0, 0.1) is 0 Å². The van der Waals surface area contributed by atoms with Gasteiger partial charge in [-0.1, -0.05) is 17.3 Å². The quantitative estimate of drug-likeness (QED) is 0.609.